The molecule has 0 unspecified atom stereocenters. The second-order valence-electron chi connectivity index (χ2n) is 5.70. The average molecular weight is 357 g/mol. The lowest BCUT2D eigenvalue weighted by atomic mass is 9.94. The fourth-order valence-electron chi connectivity index (χ4n) is 3.06. The lowest BCUT2D eigenvalue weighted by Crippen LogP contribution is -2.34. The molecule has 0 saturated carbocycles. The molecular weight excluding hydrogens is 338 g/mol. The predicted octanol–water partition coefficient (Wildman–Crippen LogP) is 2.51. The van der Waals surface area contributed by atoms with Crippen LogP contribution in [0.4, 0.5) is 0 Å². The first-order chi connectivity index (χ1) is 12.6. The lowest BCUT2D eigenvalue weighted by Gasteiger charge is -2.27. The molecule has 0 radical (unpaired) electrons. The number of para-hydroxylation sites is 1. The van der Waals surface area contributed by atoms with Crippen LogP contribution in [0.5, 0.6) is 5.75 Å². The average Bonchev–Trinajstić information content (AvgIpc) is 3.28. The molecule has 136 valence electrons. The Kier molecular flexibility index (Phi) is 5.09. The Hall–Kier alpha value is -3.06. The zero-order valence-electron chi connectivity index (χ0n) is 14.5. The predicted molar refractivity (Wildman–Crippen MR) is 92.0 cm³/mol. The van der Waals surface area contributed by atoms with Crippen LogP contribution in [0.25, 0.3) is 0 Å². The number of rotatable bonds is 7. The van der Waals surface area contributed by atoms with E-state index in [1.54, 1.807) is 30.3 Å². The number of furan rings is 1. The summed E-state index contributed by atoms with van der Waals surface area (Å²) in [6, 6.07) is 9.32. The highest BCUT2D eigenvalue weighted by atomic mass is 16.5. The van der Waals surface area contributed by atoms with Crippen LogP contribution < -0.4 is 4.74 Å². The SMILES string of the molecule is COCCN1C(=O)C(O)=C(C(=O)c2ccco2)[C@H]1c1ccccc1OC. The molecule has 1 N–H and O–H groups in total. The van der Waals surface area contributed by atoms with Crippen molar-refractivity contribution in [2.75, 3.05) is 27.4 Å². The topological polar surface area (TPSA) is 89.2 Å². The van der Waals surface area contributed by atoms with E-state index in [1.165, 1.54) is 31.4 Å². The van der Waals surface area contributed by atoms with E-state index >= 15 is 0 Å². The third-order valence-corrected chi connectivity index (χ3v) is 4.26. The van der Waals surface area contributed by atoms with Gasteiger partial charge in [-0.3, -0.25) is 9.59 Å². The number of aliphatic hydroxyl groups is 1. The van der Waals surface area contributed by atoms with Gasteiger partial charge in [0.25, 0.3) is 5.91 Å². The van der Waals surface area contributed by atoms with Crippen molar-refractivity contribution in [1.82, 2.24) is 4.90 Å². The fraction of sp³-hybridized carbons (Fsp3) is 0.263. The standard InChI is InChI=1S/C19H19NO6/c1-24-11-9-20-16(12-6-3-4-7-13(12)25-2)15(18(22)19(20)23)17(21)14-8-5-10-26-14/h3-8,10,16,22H,9,11H2,1-2H3/t16-/m1/s1. The molecule has 0 spiro atoms. The fourth-order valence-corrected chi connectivity index (χ4v) is 3.06. The van der Waals surface area contributed by atoms with Gasteiger partial charge in [-0.2, -0.15) is 0 Å². The molecule has 0 saturated heterocycles. The van der Waals surface area contributed by atoms with Gasteiger partial charge in [-0.15, -0.1) is 0 Å². The van der Waals surface area contributed by atoms with Gasteiger partial charge in [-0.1, -0.05) is 18.2 Å². The molecule has 1 atom stereocenters. The van der Waals surface area contributed by atoms with Gasteiger partial charge in [0.05, 0.1) is 31.6 Å². The molecule has 2 heterocycles. The molecule has 0 aliphatic carbocycles. The minimum absolute atomic E-state index is 0.0365. The monoisotopic (exact) mass is 357 g/mol. The number of methoxy groups -OCH3 is 2. The molecule has 0 fully saturated rings. The van der Waals surface area contributed by atoms with Crippen LogP contribution in [0.15, 0.2) is 58.4 Å². The Morgan fingerprint density at radius 3 is 2.65 bits per heavy atom. The van der Waals surface area contributed by atoms with Crippen LogP contribution in [0.3, 0.4) is 0 Å². The lowest BCUT2D eigenvalue weighted by molar-refractivity contribution is -0.130. The van der Waals surface area contributed by atoms with Crippen LogP contribution >= 0.6 is 0 Å². The highest BCUT2D eigenvalue weighted by molar-refractivity contribution is 6.15. The van der Waals surface area contributed by atoms with Crippen molar-refractivity contribution in [3.63, 3.8) is 0 Å². The van der Waals surface area contributed by atoms with E-state index in [4.69, 9.17) is 13.9 Å². The number of amides is 1. The third kappa shape index (κ3) is 2.97. The molecular formula is C19H19NO6. The summed E-state index contributed by atoms with van der Waals surface area (Å²) in [4.78, 5) is 26.9. The summed E-state index contributed by atoms with van der Waals surface area (Å²) < 4.78 is 15.6. The Bertz CT molecular complexity index is 839. The molecule has 3 rings (SSSR count). The van der Waals surface area contributed by atoms with Crippen LogP contribution in [-0.4, -0.2) is 49.1 Å². The zero-order valence-corrected chi connectivity index (χ0v) is 14.5. The Morgan fingerprint density at radius 1 is 1.23 bits per heavy atom. The first-order valence-corrected chi connectivity index (χ1v) is 8.04. The molecule has 0 bridgehead atoms. The highest BCUT2D eigenvalue weighted by Gasteiger charge is 2.45. The molecule has 1 aliphatic heterocycles. The van der Waals surface area contributed by atoms with Crippen molar-refractivity contribution in [3.8, 4) is 5.75 Å². The second kappa shape index (κ2) is 7.45. The number of aliphatic hydroxyl groups excluding tert-OH is 1. The van der Waals surface area contributed by atoms with E-state index in [-0.39, 0.29) is 24.5 Å². The van der Waals surface area contributed by atoms with Crippen LogP contribution in [0.1, 0.15) is 22.2 Å². The van der Waals surface area contributed by atoms with Crippen molar-refractivity contribution >= 4 is 11.7 Å². The summed E-state index contributed by atoms with van der Waals surface area (Å²) in [5.41, 5.74) is 0.559. The van der Waals surface area contributed by atoms with Gasteiger partial charge in [0, 0.05) is 19.2 Å². The van der Waals surface area contributed by atoms with Gasteiger partial charge in [0.2, 0.25) is 5.78 Å². The summed E-state index contributed by atoms with van der Waals surface area (Å²) in [6.07, 6.45) is 1.36. The maximum Gasteiger partial charge on any atom is 0.290 e. The number of ketones is 1. The van der Waals surface area contributed by atoms with E-state index in [0.29, 0.717) is 11.3 Å². The van der Waals surface area contributed by atoms with Gasteiger partial charge in [0.1, 0.15) is 5.75 Å². The van der Waals surface area contributed by atoms with Gasteiger partial charge in [0.15, 0.2) is 11.5 Å². The molecule has 1 amide bonds. The van der Waals surface area contributed by atoms with Gasteiger partial charge in [-0.25, -0.2) is 0 Å². The summed E-state index contributed by atoms with van der Waals surface area (Å²) in [5.74, 6) is -1.21. The minimum Gasteiger partial charge on any atom is -0.503 e. The summed E-state index contributed by atoms with van der Waals surface area (Å²) in [6.45, 7) is 0.462. The van der Waals surface area contributed by atoms with Crippen LogP contribution in [0, 0.1) is 0 Å². The maximum atomic E-state index is 12.9. The van der Waals surface area contributed by atoms with Gasteiger partial charge in [-0.05, 0) is 18.2 Å². The summed E-state index contributed by atoms with van der Waals surface area (Å²) >= 11 is 0. The van der Waals surface area contributed by atoms with E-state index in [0.717, 1.165) is 0 Å². The molecule has 26 heavy (non-hydrogen) atoms. The van der Waals surface area contributed by atoms with Gasteiger partial charge >= 0.3 is 0 Å². The molecule has 7 heteroatoms. The van der Waals surface area contributed by atoms with Crippen LogP contribution in [0.2, 0.25) is 0 Å². The van der Waals surface area contributed by atoms with Crippen molar-refractivity contribution in [1.29, 1.82) is 0 Å². The number of benzene rings is 1. The van der Waals surface area contributed by atoms with E-state index in [9.17, 15) is 14.7 Å². The van der Waals surface area contributed by atoms with Crippen molar-refractivity contribution in [2.24, 2.45) is 0 Å². The van der Waals surface area contributed by atoms with Crippen molar-refractivity contribution in [2.45, 2.75) is 6.04 Å². The van der Waals surface area contributed by atoms with E-state index in [2.05, 4.69) is 0 Å². The number of hydrogen-bond acceptors (Lipinski definition) is 6. The van der Waals surface area contributed by atoms with Gasteiger partial charge < -0.3 is 23.9 Å². The smallest absolute Gasteiger partial charge is 0.290 e. The Morgan fingerprint density at radius 2 is 2.00 bits per heavy atom. The molecule has 1 aromatic heterocycles. The first-order valence-electron chi connectivity index (χ1n) is 8.04. The number of ether oxygens (including phenoxy) is 2. The quantitative estimate of drug-likeness (QED) is 0.766. The second-order valence-corrected chi connectivity index (χ2v) is 5.70. The zero-order chi connectivity index (χ0) is 18.7. The first kappa shape index (κ1) is 17.8. The van der Waals surface area contributed by atoms with E-state index in [1.807, 2.05) is 0 Å². The maximum absolute atomic E-state index is 12.9. The normalized spacial score (nSPS) is 17.1. The van der Waals surface area contributed by atoms with Crippen LogP contribution in [-0.2, 0) is 9.53 Å². The number of carbonyl (C=O) groups excluding carboxylic acids is 2. The van der Waals surface area contributed by atoms with Crippen molar-refractivity contribution in [3.05, 3.63) is 65.3 Å². The Labute approximate surface area is 150 Å². The molecule has 2 aromatic rings. The summed E-state index contributed by atoms with van der Waals surface area (Å²) in [5, 5.41) is 10.4. The van der Waals surface area contributed by atoms with Crippen molar-refractivity contribution < 1.29 is 28.6 Å². The third-order valence-electron chi connectivity index (χ3n) is 4.26. The number of Topliss-reactive ketones (excluding diaryl/α,β-unsaturated/α-hetero) is 1. The largest absolute Gasteiger partial charge is 0.503 e. The highest BCUT2D eigenvalue weighted by Crippen LogP contribution is 2.42. The number of nitrogens with zero attached hydrogens (tertiary/aromatic N) is 1. The summed E-state index contributed by atoms with van der Waals surface area (Å²) in [7, 11) is 3.02. The van der Waals surface area contributed by atoms with E-state index < -0.39 is 23.5 Å². The number of hydrogen-bond donors (Lipinski definition) is 1. The molecule has 7 nitrogen and oxygen atoms in total. The minimum atomic E-state index is -0.800. The number of carbonyl (C=O) groups is 2. The molecule has 1 aliphatic rings. The molecule has 1 aromatic carbocycles. The Balaban J connectivity index is 2.12.